The molecule has 1 aromatic heterocycles. The Morgan fingerprint density at radius 3 is 2.46 bits per heavy atom. The van der Waals surface area contributed by atoms with E-state index >= 15 is 0 Å². The second kappa shape index (κ2) is 13.3. The number of fused-ring (bicyclic) bond motifs is 5. The summed E-state index contributed by atoms with van der Waals surface area (Å²) in [6.45, 7) is 5.89. The molecule has 11 heteroatoms. The third-order valence-electron chi connectivity index (χ3n) is 13.3. The van der Waals surface area contributed by atoms with Crippen molar-refractivity contribution in [3.05, 3.63) is 92.4 Å². The molecule has 4 fully saturated rings. The van der Waals surface area contributed by atoms with E-state index in [4.69, 9.17) is 18.6 Å². The van der Waals surface area contributed by atoms with Crippen LogP contribution in [0.1, 0.15) is 107 Å². The Morgan fingerprint density at radius 2 is 1.74 bits per heavy atom. The van der Waals surface area contributed by atoms with Crippen LogP contribution in [0.4, 0.5) is 0 Å². The van der Waals surface area contributed by atoms with Crippen LogP contribution in [0, 0.1) is 22.7 Å². The van der Waals surface area contributed by atoms with E-state index < -0.39 is 41.9 Å². The summed E-state index contributed by atoms with van der Waals surface area (Å²) in [6, 6.07) is 11.3. The highest BCUT2D eigenvalue weighted by atomic mass is 16.6. The lowest BCUT2D eigenvalue weighted by molar-refractivity contribution is -0.182. The van der Waals surface area contributed by atoms with Gasteiger partial charge in [0.25, 0.3) is 0 Å². The fourth-order valence-electron chi connectivity index (χ4n) is 10.8. The first-order valence-corrected chi connectivity index (χ1v) is 18.1. The van der Waals surface area contributed by atoms with Crippen molar-refractivity contribution in [3.8, 4) is 0 Å². The average molecular weight is 686 g/mol. The van der Waals surface area contributed by atoms with Gasteiger partial charge in [0.05, 0.1) is 35.7 Å². The van der Waals surface area contributed by atoms with Gasteiger partial charge in [-0.2, -0.15) is 0 Å². The lowest BCUT2D eigenvalue weighted by Crippen LogP contribution is -2.60. The number of hydrogen-bond donors (Lipinski definition) is 1. The van der Waals surface area contributed by atoms with Gasteiger partial charge in [0.15, 0.2) is 6.10 Å². The molecule has 0 spiro atoms. The largest absolute Gasteiger partial charge is 0.458 e. The number of rotatable bonds is 7. The maximum atomic E-state index is 13.3. The van der Waals surface area contributed by atoms with Gasteiger partial charge in [-0.05, 0) is 117 Å². The third kappa shape index (κ3) is 5.87. The van der Waals surface area contributed by atoms with Gasteiger partial charge in [0, 0.05) is 23.3 Å². The van der Waals surface area contributed by atoms with E-state index in [-0.39, 0.29) is 34.4 Å². The Balaban J connectivity index is 1.11. The van der Waals surface area contributed by atoms with E-state index in [1.165, 1.54) is 18.6 Å². The third-order valence-corrected chi connectivity index (χ3v) is 13.3. The normalized spacial score (nSPS) is 39.1. The van der Waals surface area contributed by atoms with E-state index in [2.05, 4.69) is 29.9 Å². The first-order valence-electron chi connectivity index (χ1n) is 18.1. The number of nitrogens with zero attached hydrogens (tertiary/aromatic N) is 3. The number of allylic oxidation sites excluding steroid dienone is 1. The molecule has 1 heterocycles. The minimum Gasteiger partial charge on any atom is -0.458 e. The number of benzene rings is 1. The minimum absolute atomic E-state index is 0.0733. The van der Waals surface area contributed by atoms with Crippen molar-refractivity contribution in [2.45, 2.75) is 127 Å². The molecule has 0 radical (unpaired) electrons. The molecule has 3 unspecified atom stereocenters. The molecule has 5 aliphatic rings. The van der Waals surface area contributed by atoms with Gasteiger partial charge in [-0.1, -0.05) is 48.8 Å². The molecule has 0 bridgehead atoms. The Bertz CT molecular complexity index is 1730. The van der Waals surface area contributed by atoms with Crippen molar-refractivity contribution in [2.24, 2.45) is 27.8 Å². The summed E-state index contributed by atoms with van der Waals surface area (Å²) in [5.41, 5.74) is 10.4. The summed E-state index contributed by atoms with van der Waals surface area (Å²) < 4.78 is 23.7. The predicted octanol–water partition coefficient (Wildman–Crippen LogP) is 7.18. The van der Waals surface area contributed by atoms with Crippen LogP contribution in [0.5, 0.6) is 0 Å². The monoisotopic (exact) mass is 685 g/mol. The number of hydrogen-bond acceptors (Lipinski definition) is 9. The molecule has 11 atom stereocenters. The summed E-state index contributed by atoms with van der Waals surface area (Å²) in [7, 11) is 0. The fourth-order valence-corrected chi connectivity index (χ4v) is 10.8. The highest BCUT2D eigenvalue weighted by Crippen LogP contribution is 2.70. The van der Waals surface area contributed by atoms with E-state index in [9.17, 15) is 25.0 Å². The Labute approximate surface area is 292 Å². The first-order chi connectivity index (χ1) is 24.0. The van der Waals surface area contributed by atoms with Crippen LogP contribution in [0.2, 0.25) is 0 Å². The minimum atomic E-state index is -0.980. The zero-order valence-electron chi connectivity index (χ0n) is 29.0. The van der Waals surface area contributed by atoms with Crippen molar-refractivity contribution in [2.75, 3.05) is 0 Å². The Hall–Kier alpha value is -3.92. The van der Waals surface area contributed by atoms with Gasteiger partial charge in [-0.25, -0.2) is 9.59 Å². The van der Waals surface area contributed by atoms with E-state index in [1.807, 2.05) is 12.1 Å². The molecular formula is C39H47N3O8. The zero-order valence-corrected chi connectivity index (χ0v) is 29.0. The van der Waals surface area contributed by atoms with Crippen molar-refractivity contribution < 1.29 is 33.3 Å². The standard InChI is InChI=1S/C39H47N3O8/c1-23(43)48-34-31(41-42-40)12-13-32(35(34)50-36(45)24-7-5-4-6-8-24)49-27-15-18-37(2)26(21-27)10-11-30-29(37)16-19-38(3)28(17-20-39(30,38)46)25-9-14-33(44)47-22-25/h4-9,14,21-22,27-32,34-35,46H,10-13,15-20H2,1-3H3/t27-,28+,29?,30?,31-,32?,34-,35+,37-,38+,39-/m0/s1. The molecule has 1 aromatic carbocycles. The molecule has 11 nitrogen and oxygen atoms in total. The van der Waals surface area contributed by atoms with Crippen molar-refractivity contribution in [1.82, 2.24) is 0 Å². The second-order valence-corrected chi connectivity index (χ2v) is 15.6. The second-order valence-electron chi connectivity index (χ2n) is 15.6. The van der Waals surface area contributed by atoms with Crippen molar-refractivity contribution in [3.63, 3.8) is 0 Å². The molecule has 0 amide bonds. The maximum Gasteiger partial charge on any atom is 0.338 e. The van der Waals surface area contributed by atoms with Gasteiger partial charge in [0.2, 0.25) is 0 Å². The SMILES string of the molecule is CC(=O)O[C@H]1[C@@H](N=[N+]=[N-])CCC(O[C@@H]2C=C3CCC4C(CC[C@]5(C)[C@@H](c6ccc(=O)oc6)CC[C@]45O)[C@@]3(C)CC2)[C@H]1OC(=O)c1ccccc1. The van der Waals surface area contributed by atoms with Crippen molar-refractivity contribution >= 4 is 11.9 Å². The van der Waals surface area contributed by atoms with E-state index in [0.717, 1.165) is 56.9 Å². The van der Waals surface area contributed by atoms with Crippen LogP contribution in [0.3, 0.4) is 0 Å². The van der Waals surface area contributed by atoms with Crippen LogP contribution in [-0.4, -0.2) is 53.1 Å². The molecular weight excluding hydrogens is 638 g/mol. The molecule has 1 N–H and O–H groups in total. The quantitative estimate of drug-likeness (QED) is 0.105. The fraction of sp³-hybridized carbons (Fsp3) is 0.615. The number of azide groups is 1. The molecule has 2 aromatic rings. The summed E-state index contributed by atoms with van der Waals surface area (Å²) in [4.78, 5) is 40.1. The van der Waals surface area contributed by atoms with Crippen molar-refractivity contribution in [1.29, 1.82) is 0 Å². The van der Waals surface area contributed by atoms with Crippen LogP contribution in [0.25, 0.3) is 10.4 Å². The molecule has 7 rings (SSSR count). The lowest BCUT2D eigenvalue weighted by atomic mass is 9.45. The molecule has 0 aliphatic heterocycles. The topological polar surface area (TPSA) is 161 Å². The number of esters is 2. The van der Waals surface area contributed by atoms with Gasteiger partial charge >= 0.3 is 17.6 Å². The van der Waals surface area contributed by atoms with Crippen LogP contribution >= 0.6 is 0 Å². The molecule has 266 valence electrons. The summed E-state index contributed by atoms with van der Waals surface area (Å²) in [5.74, 6) is -0.481. The predicted molar refractivity (Wildman–Crippen MR) is 183 cm³/mol. The van der Waals surface area contributed by atoms with Gasteiger partial charge in [0.1, 0.15) is 6.10 Å². The van der Waals surface area contributed by atoms with Crippen LogP contribution in [0.15, 0.2) is 74.7 Å². The lowest BCUT2D eigenvalue weighted by Gasteiger charge is -2.62. The number of aliphatic hydroxyl groups is 1. The number of ether oxygens (including phenoxy) is 3. The van der Waals surface area contributed by atoms with Crippen LogP contribution in [-0.2, 0) is 19.0 Å². The molecule has 0 saturated heterocycles. The van der Waals surface area contributed by atoms with Crippen LogP contribution < -0.4 is 5.63 Å². The van der Waals surface area contributed by atoms with Gasteiger partial charge < -0.3 is 23.7 Å². The zero-order chi connectivity index (χ0) is 35.3. The average Bonchev–Trinajstić information content (AvgIpc) is 3.38. The maximum absolute atomic E-state index is 13.3. The van der Waals surface area contributed by atoms with E-state index in [1.54, 1.807) is 30.5 Å². The Morgan fingerprint density at radius 1 is 0.940 bits per heavy atom. The summed E-state index contributed by atoms with van der Waals surface area (Å²) >= 11 is 0. The summed E-state index contributed by atoms with van der Waals surface area (Å²) in [6.07, 6.45) is 8.94. The first kappa shape index (κ1) is 34.5. The highest BCUT2D eigenvalue weighted by molar-refractivity contribution is 5.89. The smallest absolute Gasteiger partial charge is 0.338 e. The molecule has 50 heavy (non-hydrogen) atoms. The Kier molecular flexibility index (Phi) is 9.20. The highest BCUT2D eigenvalue weighted by Gasteiger charge is 2.66. The number of carbonyl (C=O) groups excluding carboxylic acids is 2. The summed E-state index contributed by atoms with van der Waals surface area (Å²) in [5, 5.41) is 16.5. The van der Waals surface area contributed by atoms with Gasteiger partial charge in [-0.15, -0.1) is 0 Å². The molecule has 4 saturated carbocycles. The molecule has 5 aliphatic carbocycles. The van der Waals surface area contributed by atoms with E-state index in [0.29, 0.717) is 24.3 Å². The number of carbonyl (C=O) groups is 2. The van der Waals surface area contributed by atoms with Gasteiger partial charge in [-0.3, -0.25) is 4.79 Å².